The van der Waals surface area contributed by atoms with E-state index in [1.165, 1.54) is 6.42 Å². The third kappa shape index (κ3) is 4.10. The van der Waals surface area contributed by atoms with E-state index in [0.29, 0.717) is 11.6 Å². The van der Waals surface area contributed by atoms with Gasteiger partial charge in [0.2, 0.25) is 11.8 Å². The first kappa shape index (κ1) is 15.1. The monoisotopic (exact) mass is 317 g/mol. The third-order valence-electron chi connectivity index (χ3n) is 3.78. The molecule has 1 heterocycles. The van der Waals surface area contributed by atoms with E-state index in [2.05, 4.69) is 15.5 Å². The second-order valence-corrected chi connectivity index (χ2v) is 6.48. The Morgan fingerprint density at radius 3 is 2.73 bits per heavy atom. The zero-order valence-corrected chi connectivity index (χ0v) is 13.1. The maximum absolute atomic E-state index is 12.1. The molecule has 6 heteroatoms. The van der Waals surface area contributed by atoms with Gasteiger partial charge in [0, 0.05) is 10.8 Å². The predicted molar refractivity (Wildman–Crippen MR) is 85.5 cm³/mol. The Labute approximate surface area is 133 Å². The molecule has 1 aromatic heterocycles. The zero-order valence-electron chi connectivity index (χ0n) is 12.3. The minimum atomic E-state index is 0.00520. The van der Waals surface area contributed by atoms with E-state index in [9.17, 15) is 4.79 Å². The standard InChI is InChI=1S/C16H19N3O2S/c20-15(12-7-3-1-4-8-12)17-16-19-18-14(21-16)11-22-13-9-5-2-6-10-13/h2,5-6,9-10,12H,1,3-4,7-8,11H2,(H,17,19,20). The quantitative estimate of drug-likeness (QED) is 0.848. The molecule has 2 aromatic rings. The van der Waals surface area contributed by atoms with Gasteiger partial charge in [-0.2, -0.15) is 0 Å². The molecule has 1 N–H and O–H groups in total. The number of hydrogen-bond donors (Lipinski definition) is 1. The summed E-state index contributed by atoms with van der Waals surface area (Å²) in [6.45, 7) is 0. The fourth-order valence-electron chi connectivity index (χ4n) is 2.60. The maximum atomic E-state index is 12.1. The minimum Gasteiger partial charge on any atom is -0.407 e. The lowest BCUT2D eigenvalue weighted by Gasteiger charge is -2.19. The highest BCUT2D eigenvalue weighted by Crippen LogP contribution is 2.25. The van der Waals surface area contributed by atoms with Crippen LogP contribution in [0.5, 0.6) is 0 Å². The molecule has 1 aromatic carbocycles. The number of benzene rings is 1. The van der Waals surface area contributed by atoms with Crippen LogP contribution in [0.3, 0.4) is 0 Å². The molecule has 22 heavy (non-hydrogen) atoms. The summed E-state index contributed by atoms with van der Waals surface area (Å²) in [6.07, 6.45) is 5.39. The fraction of sp³-hybridized carbons (Fsp3) is 0.438. The van der Waals surface area contributed by atoms with Gasteiger partial charge in [-0.3, -0.25) is 10.1 Å². The number of anilines is 1. The first-order valence-corrected chi connectivity index (χ1v) is 8.61. The Balaban J connectivity index is 1.51. The molecule has 0 saturated heterocycles. The van der Waals surface area contributed by atoms with Crippen LogP contribution < -0.4 is 5.32 Å². The van der Waals surface area contributed by atoms with Crippen LogP contribution in [0.2, 0.25) is 0 Å². The summed E-state index contributed by atoms with van der Waals surface area (Å²) in [4.78, 5) is 13.3. The highest BCUT2D eigenvalue weighted by atomic mass is 32.2. The van der Waals surface area contributed by atoms with E-state index in [1.807, 2.05) is 30.3 Å². The fourth-order valence-corrected chi connectivity index (χ4v) is 3.35. The van der Waals surface area contributed by atoms with Crippen LogP contribution in [0.4, 0.5) is 6.01 Å². The number of thioether (sulfide) groups is 1. The lowest BCUT2D eigenvalue weighted by Crippen LogP contribution is -2.24. The number of hydrogen-bond acceptors (Lipinski definition) is 5. The Morgan fingerprint density at radius 2 is 1.95 bits per heavy atom. The van der Waals surface area contributed by atoms with Crippen molar-refractivity contribution in [3.8, 4) is 0 Å². The molecule has 1 fully saturated rings. The zero-order chi connectivity index (χ0) is 15.2. The van der Waals surface area contributed by atoms with Crippen molar-refractivity contribution in [3.05, 3.63) is 36.2 Å². The smallest absolute Gasteiger partial charge is 0.322 e. The van der Waals surface area contributed by atoms with E-state index < -0.39 is 0 Å². The molecule has 1 aliphatic carbocycles. The number of nitrogens with one attached hydrogen (secondary N) is 1. The normalized spacial score (nSPS) is 15.6. The maximum Gasteiger partial charge on any atom is 0.322 e. The second kappa shape index (κ2) is 7.45. The number of carbonyl (C=O) groups excluding carboxylic acids is 1. The Bertz CT molecular complexity index is 609. The van der Waals surface area contributed by atoms with Gasteiger partial charge in [-0.1, -0.05) is 42.6 Å². The van der Waals surface area contributed by atoms with Crippen molar-refractivity contribution in [3.63, 3.8) is 0 Å². The molecule has 0 radical (unpaired) electrons. The van der Waals surface area contributed by atoms with Crippen LogP contribution in [0.1, 0.15) is 38.0 Å². The Kier molecular flexibility index (Phi) is 5.11. The highest BCUT2D eigenvalue weighted by Gasteiger charge is 2.22. The molecule has 5 nitrogen and oxygen atoms in total. The van der Waals surface area contributed by atoms with Crippen LogP contribution in [-0.4, -0.2) is 16.1 Å². The SMILES string of the molecule is O=C(Nc1nnc(CSc2ccccc2)o1)C1CCCCC1. The summed E-state index contributed by atoms with van der Waals surface area (Å²) in [6, 6.07) is 10.2. The third-order valence-corrected chi connectivity index (χ3v) is 4.78. The van der Waals surface area contributed by atoms with Gasteiger partial charge in [0.15, 0.2) is 0 Å². The van der Waals surface area contributed by atoms with Gasteiger partial charge in [-0.15, -0.1) is 16.9 Å². The Hall–Kier alpha value is -1.82. The van der Waals surface area contributed by atoms with E-state index in [0.717, 1.165) is 30.6 Å². The molecular formula is C16H19N3O2S. The lowest BCUT2D eigenvalue weighted by atomic mass is 9.89. The average Bonchev–Trinajstić information content (AvgIpc) is 3.02. The van der Waals surface area contributed by atoms with Gasteiger partial charge >= 0.3 is 6.01 Å². The molecule has 0 atom stereocenters. The molecule has 116 valence electrons. The van der Waals surface area contributed by atoms with Crippen molar-refractivity contribution in [1.82, 2.24) is 10.2 Å². The topological polar surface area (TPSA) is 68.0 Å². The summed E-state index contributed by atoms with van der Waals surface area (Å²) < 4.78 is 5.49. The number of rotatable bonds is 5. The van der Waals surface area contributed by atoms with Crippen LogP contribution in [0.25, 0.3) is 0 Å². The molecule has 0 aliphatic heterocycles. The van der Waals surface area contributed by atoms with Crippen LogP contribution in [0.15, 0.2) is 39.6 Å². The van der Waals surface area contributed by atoms with Crippen LogP contribution in [0, 0.1) is 5.92 Å². The van der Waals surface area contributed by atoms with E-state index in [4.69, 9.17) is 4.42 Å². The first-order chi connectivity index (χ1) is 10.8. The van der Waals surface area contributed by atoms with Crippen molar-refractivity contribution < 1.29 is 9.21 Å². The van der Waals surface area contributed by atoms with Gasteiger partial charge in [0.05, 0.1) is 5.75 Å². The molecular weight excluding hydrogens is 298 g/mol. The van der Waals surface area contributed by atoms with Gasteiger partial charge in [-0.25, -0.2) is 0 Å². The van der Waals surface area contributed by atoms with E-state index >= 15 is 0 Å². The van der Waals surface area contributed by atoms with Crippen LogP contribution in [-0.2, 0) is 10.5 Å². The second-order valence-electron chi connectivity index (χ2n) is 5.43. The van der Waals surface area contributed by atoms with E-state index in [1.54, 1.807) is 11.8 Å². The van der Waals surface area contributed by atoms with Gasteiger partial charge in [0.25, 0.3) is 0 Å². The van der Waals surface area contributed by atoms with Crippen molar-refractivity contribution in [2.24, 2.45) is 5.92 Å². The number of nitrogens with zero attached hydrogens (tertiary/aromatic N) is 2. The van der Waals surface area contributed by atoms with Crippen molar-refractivity contribution in [1.29, 1.82) is 0 Å². The number of carbonyl (C=O) groups is 1. The summed E-state index contributed by atoms with van der Waals surface area (Å²) in [7, 11) is 0. The summed E-state index contributed by atoms with van der Waals surface area (Å²) in [5, 5.41) is 10.6. The van der Waals surface area contributed by atoms with Crippen LogP contribution >= 0.6 is 11.8 Å². The van der Waals surface area contributed by atoms with E-state index in [-0.39, 0.29) is 17.8 Å². The van der Waals surface area contributed by atoms with Crippen molar-refractivity contribution in [2.45, 2.75) is 42.8 Å². The first-order valence-electron chi connectivity index (χ1n) is 7.62. The summed E-state index contributed by atoms with van der Waals surface area (Å²) in [5.41, 5.74) is 0. The molecule has 0 bridgehead atoms. The largest absolute Gasteiger partial charge is 0.407 e. The molecule has 0 unspecified atom stereocenters. The number of aromatic nitrogens is 2. The molecule has 1 saturated carbocycles. The van der Waals surface area contributed by atoms with Crippen molar-refractivity contribution >= 4 is 23.7 Å². The lowest BCUT2D eigenvalue weighted by molar-refractivity contribution is -0.120. The van der Waals surface area contributed by atoms with Crippen molar-refractivity contribution in [2.75, 3.05) is 5.32 Å². The summed E-state index contributed by atoms with van der Waals surface area (Å²) in [5.74, 6) is 1.21. The molecule has 3 rings (SSSR count). The predicted octanol–water partition coefficient (Wildman–Crippen LogP) is 3.88. The minimum absolute atomic E-state index is 0.00520. The van der Waals surface area contributed by atoms with Gasteiger partial charge < -0.3 is 4.42 Å². The van der Waals surface area contributed by atoms with Gasteiger partial charge in [0.1, 0.15) is 0 Å². The summed E-state index contributed by atoms with van der Waals surface area (Å²) >= 11 is 1.62. The average molecular weight is 317 g/mol. The molecule has 1 aliphatic rings. The molecule has 0 spiro atoms. The highest BCUT2D eigenvalue weighted by molar-refractivity contribution is 7.98. The Morgan fingerprint density at radius 1 is 1.18 bits per heavy atom. The molecule has 1 amide bonds. The van der Waals surface area contributed by atoms with Gasteiger partial charge in [-0.05, 0) is 25.0 Å². The number of amides is 1.